The van der Waals surface area contributed by atoms with E-state index in [1.807, 2.05) is 0 Å². The number of phenols is 1. The Kier molecular flexibility index (Phi) is 7.19. The maximum Gasteiger partial charge on any atom is 0.416 e. The molecule has 0 aromatic heterocycles. The number of ether oxygens (including phenoxy) is 2. The Morgan fingerprint density at radius 3 is 2.59 bits per heavy atom. The molecule has 2 atom stereocenters. The fourth-order valence-electron chi connectivity index (χ4n) is 4.03. The van der Waals surface area contributed by atoms with Crippen LogP contribution in [0.1, 0.15) is 44.0 Å². The molecule has 1 saturated heterocycles. The molecule has 186 valence electrons. The van der Waals surface area contributed by atoms with Gasteiger partial charge in [0.2, 0.25) is 0 Å². The molecule has 0 radical (unpaired) electrons. The maximum absolute atomic E-state index is 13.8. The van der Waals surface area contributed by atoms with Crippen LogP contribution in [0, 0.1) is 0 Å². The van der Waals surface area contributed by atoms with Crippen LogP contribution in [-0.2, 0) is 9.16 Å². The molecular weight excluding hydrogens is 452 g/mol. The molecule has 2 amide bonds. The van der Waals surface area contributed by atoms with E-state index >= 15 is 0 Å². The summed E-state index contributed by atoms with van der Waals surface area (Å²) in [7, 11) is -1.02. The Morgan fingerprint density at radius 1 is 1.32 bits per heavy atom. The second kappa shape index (κ2) is 9.46. The average Bonchev–Trinajstić information content (AvgIpc) is 2.84. The zero-order valence-electron chi connectivity index (χ0n) is 21.0. The minimum absolute atomic E-state index is 0.00531. The number of nitrogens with zero attached hydrogens (tertiary/aromatic N) is 2. The van der Waals surface area contributed by atoms with Gasteiger partial charge in [0.15, 0.2) is 26.0 Å². The number of rotatable bonds is 5. The topological polar surface area (TPSA) is 88.5 Å². The van der Waals surface area contributed by atoms with Crippen molar-refractivity contribution >= 4 is 26.0 Å². The Morgan fingerprint density at radius 2 is 2.00 bits per heavy atom. The van der Waals surface area contributed by atoms with E-state index in [9.17, 15) is 14.7 Å². The molecule has 2 aliphatic rings. The molecule has 0 spiro atoms. The summed E-state index contributed by atoms with van der Waals surface area (Å²) in [6, 6.07) is 2.38. The van der Waals surface area contributed by atoms with Crippen LogP contribution in [0.15, 0.2) is 36.9 Å². The fourth-order valence-corrected chi connectivity index (χ4v) is 5.25. The van der Waals surface area contributed by atoms with Crippen molar-refractivity contribution in [3.8, 4) is 11.5 Å². The minimum Gasteiger partial charge on any atom is -0.504 e. The van der Waals surface area contributed by atoms with Gasteiger partial charge in [-0.1, -0.05) is 45.6 Å². The summed E-state index contributed by atoms with van der Waals surface area (Å²) >= 11 is 0. The predicted octanol–water partition coefficient (Wildman–Crippen LogP) is 5.05. The molecule has 2 heterocycles. The second-order valence-corrected chi connectivity index (χ2v) is 15.1. The lowest BCUT2D eigenvalue weighted by Crippen LogP contribution is -2.60. The van der Waals surface area contributed by atoms with E-state index < -0.39 is 26.7 Å². The molecule has 0 saturated carbocycles. The zero-order chi connectivity index (χ0) is 25.4. The fraction of sp³-hybridized carbons (Fsp3) is 0.520. The molecule has 34 heavy (non-hydrogen) atoms. The van der Waals surface area contributed by atoms with Crippen molar-refractivity contribution in [3.05, 3.63) is 42.5 Å². The van der Waals surface area contributed by atoms with Gasteiger partial charge in [-0.05, 0) is 37.0 Å². The summed E-state index contributed by atoms with van der Waals surface area (Å²) in [5.41, 5.74) is 1.45. The van der Waals surface area contributed by atoms with Gasteiger partial charge in [0, 0.05) is 12.6 Å². The van der Waals surface area contributed by atoms with Crippen LogP contribution < -0.4 is 9.64 Å². The molecule has 0 aliphatic carbocycles. The molecule has 0 unspecified atom stereocenters. The molecule has 1 fully saturated rings. The van der Waals surface area contributed by atoms with E-state index in [0.29, 0.717) is 19.4 Å². The lowest BCUT2D eigenvalue weighted by atomic mass is 9.96. The van der Waals surface area contributed by atoms with E-state index in [0.717, 1.165) is 5.57 Å². The van der Waals surface area contributed by atoms with E-state index in [1.165, 1.54) is 30.2 Å². The number of carbonyl (C=O) groups excluding carboxylic acids is 2. The number of fused-ring (bicyclic) bond motifs is 2. The zero-order valence-corrected chi connectivity index (χ0v) is 22.0. The first-order valence-corrected chi connectivity index (χ1v) is 14.4. The first-order valence-electron chi connectivity index (χ1n) is 11.5. The largest absolute Gasteiger partial charge is 0.504 e. The van der Waals surface area contributed by atoms with Crippen molar-refractivity contribution in [2.24, 2.45) is 0 Å². The van der Waals surface area contributed by atoms with Crippen molar-refractivity contribution in [3.63, 3.8) is 0 Å². The monoisotopic (exact) mass is 488 g/mol. The number of hydrogen-bond donors (Lipinski definition) is 1. The van der Waals surface area contributed by atoms with Crippen molar-refractivity contribution in [2.45, 2.75) is 64.0 Å². The molecule has 9 heteroatoms. The number of piperidine rings is 1. The predicted molar refractivity (Wildman–Crippen MR) is 134 cm³/mol. The van der Waals surface area contributed by atoms with Crippen molar-refractivity contribution in [2.75, 3.05) is 25.2 Å². The van der Waals surface area contributed by atoms with Crippen LogP contribution in [0.4, 0.5) is 10.5 Å². The molecule has 1 aromatic carbocycles. The van der Waals surface area contributed by atoms with Gasteiger partial charge in [-0.2, -0.15) is 0 Å². The summed E-state index contributed by atoms with van der Waals surface area (Å²) in [5.74, 6) is -0.298. The van der Waals surface area contributed by atoms with Crippen LogP contribution in [-0.4, -0.2) is 62.9 Å². The highest BCUT2D eigenvalue weighted by Gasteiger charge is 2.50. The van der Waals surface area contributed by atoms with Crippen LogP contribution >= 0.6 is 0 Å². The number of hydrogen-bond acceptors (Lipinski definition) is 6. The van der Waals surface area contributed by atoms with Gasteiger partial charge in [-0.3, -0.25) is 4.79 Å². The summed E-state index contributed by atoms with van der Waals surface area (Å²) in [5, 5.41) is 10.4. The first-order chi connectivity index (χ1) is 15.8. The highest BCUT2D eigenvalue weighted by molar-refractivity contribution is 6.74. The molecule has 2 aliphatic heterocycles. The van der Waals surface area contributed by atoms with Gasteiger partial charge in [0.05, 0.1) is 24.4 Å². The molecule has 1 N–H and O–H groups in total. The Bertz CT molecular complexity index is 1000. The van der Waals surface area contributed by atoms with Crippen molar-refractivity contribution in [1.29, 1.82) is 0 Å². The lowest BCUT2D eigenvalue weighted by molar-refractivity contribution is 0.0348. The third-order valence-electron chi connectivity index (χ3n) is 6.98. The van der Waals surface area contributed by atoms with Gasteiger partial charge < -0.3 is 23.9 Å². The summed E-state index contributed by atoms with van der Waals surface area (Å²) < 4.78 is 17.6. The van der Waals surface area contributed by atoms with E-state index in [4.69, 9.17) is 13.9 Å². The van der Waals surface area contributed by atoms with Gasteiger partial charge in [0.25, 0.3) is 5.91 Å². The Labute approximate surface area is 202 Å². The minimum atomic E-state index is -2.43. The van der Waals surface area contributed by atoms with Crippen molar-refractivity contribution in [1.82, 2.24) is 4.90 Å². The Hall–Kier alpha value is -2.78. The van der Waals surface area contributed by atoms with E-state index in [2.05, 4.69) is 47.0 Å². The number of benzene rings is 1. The van der Waals surface area contributed by atoms with Gasteiger partial charge >= 0.3 is 6.09 Å². The SMILES string of the molecule is C=CCOC(=O)N1c2cc(O)c(OC)cc2C(=O)N2CCC(=C)C[C@H]2[C@@H]1O[Si](C)(C)C(C)(C)C. The summed E-state index contributed by atoms with van der Waals surface area (Å²) in [4.78, 5) is 30.4. The number of carbonyl (C=O) groups is 2. The van der Waals surface area contributed by atoms with Crippen LogP contribution in [0.25, 0.3) is 0 Å². The number of methoxy groups -OCH3 is 1. The Balaban J connectivity index is 2.27. The summed E-state index contributed by atoms with van der Waals surface area (Å²) in [6.45, 7) is 18.8. The normalized spacial score (nSPS) is 20.9. The second-order valence-electron chi connectivity index (χ2n) is 10.3. The third kappa shape index (κ3) is 4.72. The quantitative estimate of drug-likeness (QED) is 0.461. The standard InChI is InChI=1S/C25H36N2O6Si/c1-9-12-32-24(30)27-18-15-20(28)21(31-6)14-17(18)22(29)26-11-10-16(2)13-19(26)23(27)33-34(7,8)25(3,4)5/h9,14-15,19,23,28H,1-2,10-13H2,3-8H3/t19-,23-/m0/s1. The highest BCUT2D eigenvalue weighted by Crippen LogP contribution is 2.44. The van der Waals surface area contributed by atoms with Gasteiger partial charge in [-0.25, -0.2) is 9.69 Å². The molecule has 8 nitrogen and oxygen atoms in total. The average molecular weight is 489 g/mol. The lowest BCUT2D eigenvalue weighted by Gasteiger charge is -2.47. The van der Waals surface area contributed by atoms with E-state index in [-0.39, 0.29) is 40.3 Å². The number of aromatic hydroxyl groups is 1. The third-order valence-corrected chi connectivity index (χ3v) is 11.4. The van der Waals surface area contributed by atoms with Crippen molar-refractivity contribution < 1.29 is 28.6 Å². The van der Waals surface area contributed by atoms with Gasteiger partial charge in [0.1, 0.15) is 6.61 Å². The smallest absolute Gasteiger partial charge is 0.416 e. The number of phenolic OH excluding ortho intramolecular Hbond substituents is 1. The molecule has 1 aromatic rings. The van der Waals surface area contributed by atoms with E-state index in [1.54, 1.807) is 4.90 Å². The number of amides is 2. The first kappa shape index (κ1) is 25.8. The molecule has 3 rings (SSSR count). The maximum atomic E-state index is 13.8. The van der Waals surface area contributed by atoms with Crippen LogP contribution in [0.2, 0.25) is 18.1 Å². The molecular formula is C25H36N2O6Si. The summed E-state index contributed by atoms with van der Waals surface area (Å²) in [6.07, 6.45) is 1.13. The van der Waals surface area contributed by atoms with Gasteiger partial charge in [-0.15, -0.1) is 0 Å². The number of anilines is 1. The molecule has 0 bridgehead atoms. The van der Waals surface area contributed by atoms with Crippen LogP contribution in [0.3, 0.4) is 0 Å². The van der Waals surface area contributed by atoms with Crippen LogP contribution in [0.5, 0.6) is 11.5 Å². The highest BCUT2D eigenvalue weighted by atomic mass is 28.4.